The topological polar surface area (TPSA) is 63.3 Å². The Kier molecular flexibility index (Phi) is 4.12. The minimum atomic E-state index is -0.324. The SMILES string of the molecule is CC(Cc1ccc(Cl)c(CO)c1)C(N)=O. The third-order valence-corrected chi connectivity index (χ3v) is 2.68. The van der Waals surface area contributed by atoms with Crippen LogP contribution < -0.4 is 5.73 Å². The molecule has 0 saturated carbocycles. The summed E-state index contributed by atoms with van der Waals surface area (Å²) in [6.45, 7) is 1.67. The first-order chi connectivity index (χ1) is 7.04. The molecule has 1 aromatic rings. The van der Waals surface area contributed by atoms with Crippen LogP contribution in [0.15, 0.2) is 18.2 Å². The smallest absolute Gasteiger partial charge is 0.220 e. The van der Waals surface area contributed by atoms with E-state index in [0.29, 0.717) is 17.0 Å². The molecule has 0 aliphatic rings. The fourth-order valence-corrected chi connectivity index (χ4v) is 1.51. The largest absolute Gasteiger partial charge is 0.392 e. The van der Waals surface area contributed by atoms with Gasteiger partial charge >= 0.3 is 0 Å². The fourth-order valence-electron chi connectivity index (χ4n) is 1.33. The second-order valence-electron chi connectivity index (χ2n) is 3.59. The highest BCUT2D eigenvalue weighted by molar-refractivity contribution is 6.31. The number of aliphatic hydroxyl groups is 1. The number of primary amides is 1. The van der Waals surface area contributed by atoms with E-state index >= 15 is 0 Å². The summed E-state index contributed by atoms with van der Waals surface area (Å²) in [5.41, 5.74) is 6.80. The van der Waals surface area contributed by atoms with Gasteiger partial charge < -0.3 is 10.8 Å². The van der Waals surface area contributed by atoms with Crippen molar-refractivity contribution < 1.29 is 9.90 Å². The predicted octanol–water partition coefficient (Wildman–Crippen LogP) is 1.50. The molecule has 4 heteroatoms. The van der Waals surface area contributed by atoms with E-state index in [1.54, 1.807) is 19.1 Å². The first-order valence-electron chi connectivity index (χ1n) is 4.72. The lowest BCUT2D eigenvalue weighted by Crippen LogP contribution is -2.22. The minimum absolute atomic E-state index is 0.0996. The van der Waals surface area contributed by atoms with Crippen LogP contribution in [0.1, 0.15) is 18.1 Å². The van der Waals surface area contributed by atoms with Gasteiger partial charge in [0.15, 0.2) is 0 Å². The molecule has 82 valence electrons. The Morgan fingerprint density at radius 3 is 2.80 bits per heavy atom. The minimum Gasteiger partial charge on any atom is -0.392 e. The third-order valence-electron chi connectivity index (χ3n) is 2.31. The summed E-state index contributed by atoms with van der Waals surface area (Å²) in [5, 5.41) is 9.55. The molecular formula is C11H14ClNO2. The molecule has 1 unspecified atom stereocenters. The zero-order chi connectivity index (χ0) is 11.4. The van der Waals surface area contributed by atoms with E-state index in [1.165, 1.54) is 0 Å². The van der Waals surface area contributed by atoms with Gasteiger partial charge in [-0.2, -0.15) is 0 Å². The van der Waals surface area contributed by atoms with Crippen LogP contribution in [0.3, 0.4) is 0 Å². The Bertz CT molecular complexity index is 366. The molecule has 0 heterocycles. The number of carbonyl (C=O) groups excluding carboxylic acids is 1. The molecular weight excluding hydrogens is 214 g/mol. The first-order valence-corrected chi connectivity index (χ1v) is 5.10. The second-order valence-corrected chi connectivity index (χ2v) is 4.00. The monoisotopic (exact) mass is 227 g/mol. The maximum absolute atomic E-state index is 10.9. The van der Waals surface area contributed by atoms with Crippen LogP contribution in [0.25, 0.3) is 0 Å². The van der Waals surface area contributed by atoms with Gasteiger partial charge in [-0.3, -0.25) is 4.79 Å². The highest BCUT2D eigenvalue weighted by atomic mass is 35.5. The maximum atomic E-state index is 10.9. The van der Waals surface area contributed by atoms with Crippen LogP contribution >= 0.6 is 11.6 Å². The summed E-state index contributed by atoms with van der Waals surface area (Å²) in [7, 11) is 0. The van der Waals surface area contributed by atoms with Gasteiger partial charge in [0.05, 0.1) is 6.61 Å². The van der Waals surface area contributed by atoms with Crippen molar-refractivity contribution in [1.29, 1.82) is 0 Å². The van der Waals surface area contributed by atoms with E-state index in [9.17, 15) is 4.79 Å². The number of benzene rings is 1. The van der Waals surface area contributed by atoms with Gasteiger partial charge in [0, 0.05) is 10.9 Å². The average molecular weight is 228 g/mol. The number of aliphatic hydroxyl groups excluding tert-OH is 1. The molecule has 0 aliphatic carbocycles. The molecule has 1 atom stereocenters. The molecule has 0 saturated heterocycles. The van der Waals surface area contributed by atoms with Crippen molar-refractivity contribution >= 4 is 17.5 Å². The molecule has 3 nitrogen and oxygen atoms in total. The average Bonchev–Trinajstić information content (AvgIpc) is 2.20. The lowest BCUT2D eigenvalue weighted by atomic mass is 9.99. The van der Waals surface area contributed by atoms with Crippen LogP contribution in [-0.2, 0) is 17.8 Å². The Morgan fingerprint density at radius 2 is 2.27 bits per heavy atom. The second kappa shape index (κ2) is 5.14. The Morgan fingerprint density at radius 1 is 1.60 bits per heavy atom. The van der Waals surface area contributed by atoms with E-state index in [2.05, 4.69) is 0 Å². The fraction of sp³-hybridized carbons (Fsp3) is 0.364. The number of amides is 1. The summed E-state index contributed by atoms with van der Waals surface area (Å²) in [6, 6.07) is 5.35. The predicted molar refractivity (Wildman–Crippen MR) is 59.4 cm³/mol. The van der Waals surface area contributed by atoms with E-state index in [4.69, 9.17) is 22.4 Å². The molecule has 0 spiro atoms. The van der Waals surface area contributed by atoms with E-state index in [1.807, 2.05) is 6.07 Å². The van der Waals surface area contributed by atoms with Gasteiger partial charge in [-0.1, -0.05) is 30.7 Å². The molecule has 0 aromatic heterocycles. The number of halogens is 1. The van der Waals surface area contributed by atoms with Gasteiger partial charge in [-0.05, 0) is 23.6 Å². The van der Waals surface area contributed by atoms with Crippen molar-refractivity contribution in [3.8, 4) is 0 Å². The van der Waals surface area contributed by atoms with E-state index in [0.717, 1.165) is 5.56 Å². The Balaban J connectivity index is 2.83. The number of rotatable bonds is 4. The summed E-state index contributed by atoms with van der Waals surface area (Å²) >= 11 is 5.84. The van der Waals surface area contributed by atoms with Crippen LogP contribution in [-0.4, -0.2) is 11.0 Å². The first kappa shape index (κ1) is 12.0. The third kappa shape index (κ3) is 3.22. The number of hydrogen-bond donors (Lipinski definition) is 2. The molecule has 0 bridgehead atoms. The Hall–Kier alpha value is -1.06. The van der Waals surface area contributed by atoms with Crippen molar-refractivity contribution in [2.75, 3.05) is 0 Å². The lowest BCUT2D eigenvalue weighted by Gasteiger charge is -2.09. The summed E-state index contributed by atoms with van der Waals surface area (Å²) in [6.07, 6.45) is 0.569. The van der Waals surface area contributed by atoms with Crippen molar-refractivity contribution in [3.05, 3.63) is 34.3 Å². The Labute approximate surface area is 93.9 Å². The normalized spacial score (nSPS) is 12.5. The summed E-state index contributed by atoms with van der Waals surface area (Å²) in [4.78, 5) is 10.9. The quantitative estimate of drug-likeness (QED) is 0.819. The number of hydrogen-bond acceptors (Lipinski definition) is 2. The van der Waals surface area contributed by atoms with E-state index < -0.39 is 0 Å². The van der Waals surface area contributed by atoms with Gasteiger partial charge in [-0.15, -0.1) is 0 Å². The molecule has 1 aromatic carbocycles. The van der Waals surface area contributed by atoms with Gasteiger partial charge in [0.2, 0.25) is 5.91 Å². The summed E-state index contributed by atoms with van der Waals surface area (Å²) < 4.78 is 0. The molecule has 15 heavy (non-hydrogen) atoms. The molecule has 1 rings (SSSR count). The molecule has 0 aliphatic heterocycles. The molecule has 3 N–H and O–H groups in total. The maximum Gasteiger partial charge on any atom is 0.220 e. The highest BCUT2D eigenvalue weighted by Gasteiger charge is 2.10. The van der Waals surface area contributed by atoms with Crippen molar-refractivity contribution in [1.82, 2.24) is 0 Å². The van der Waals surface area contributed by atoms with Crippen molar-refractivity contribution in [3.63, 3.8) is 0 Å². The number of nitrogens with two attached hydrogens (primary N) is 1. The molecule has 1 amide bonds. The zero-order valence-electron chi connectivity index (χ0n) is 8.53. The highest BCUT2D eigenvalue weighted by Crippen LogP contribution is 2.19. The van der Waals surface area contributed by atoms with Crippen LogP contribution in [0.4, 0.5) is 0 Å². The zero-order valence-corrected chi connectivity index (χ0v) is 9.29. The van der Waals surface area contributed by atoms with Crippen LogP contribution in [0, 0.1) is 5.92 Å². The van der Waals surface area contributed by atoms with Crippen molar-refractivity contribution in [2.45, 2.75) is 20.0 Å². The summed E-state index contributed by atoms with van der Waals surface area (Å²) in [5.74, 6) is -0.534. The van der Waals surface area contributed by atoms with Crippen LogP contribution in [0.5, 0.6) is 0 Å². The number of carbonyl (C=O) groups is 1. The van der Waals surface area contributed by atoms with Gasteiger partial charge in [0.25, 0.3) is 0 Å². The molecule has 0 radical (unpaired) electrons. The van der Waals surface area contributed by atoms with Gasteiger partial charge in [-0.25, -0.2) is 0 Å². The van der Waals surface area contributed by atoms with Gasteiger partial charge in [0.1, 0.15) is 0 Å². The van der Waals surface area contributed by atoms with E-state index in [-0.39, 0.29) is 18.4 Å². The molecule has 0 fully saturated rings. The van der Waals surface area contributed by atoms with Crippen molar-refractivity contribution in [2.24, 2.45) is 11.7 Å². The van der Waals surface area contributed by atoms with Crippen LogP contribution in [0.2, 0.25) is 5.02 Å². The lowest BCUT2D eigenvalue weighted by molar-refractivity contribution is -0.121. The standard InChI is InChI=1S/C11H14ClNO2/c1-7(11(13)15)4-8-2-3-10(12)9(5-8)6-14/h2-3,5,7,14H,4,6H2,1H3,(H2,13,15).